The second-order valence-electron chi connectivity index (χ2n) is 5.34. The molecule has 0 rings (SSSR count). The number of guanidine groups is 1. The van der Waals surface area contributed by atoms with E-state index in [2.05, 4.69) is 9.71 Å². The van der Waals surface area contributed by atoms with Gasteiger partial charge in [0.05, 0.1) is 11.9 Å². The third-order valence-electron chi connectivity index (χ3n) is 2.37. The molecule has 0 aliphatic heterocycles. The van der Waals surface area contributed by atoms with Crippen molar-refractivity contribution >= 4 is 29.8 Å². The van der Waals surface area contributed by atoms with Gasteiger partial charge in [-0.2, -0.15) is 9.87 Å². The van der Waals surface area contributed by atoms with Crippen molar-refractivity contribution in [3.05, 3.63) is 0 Å². The average Bonchev–Trinajstić information content (AvgIpc) is 2.30. The fraction of sp³-hybridized carbons (Fsp3) is 0.727. The molecule has 0 fully saturated rings. The summed E-state index contributed by atoms with van der Waals surface area (Å²) in [7, 11) is 0. The zero-order chi connectivity index (χ0) is 16.7. The van der Waals surface area contributed by atoms with Crippen molar-refractivity contribution in [2.45, 2.75) is 44.8 Å². The summed E-state index contributed by atoms with van der Waals surface area (Å²) >= 11 is 5.06. The molecular weight excluding hydrogens is 304 g/mol. The maximum Gasteiger partial charge on any atom is 0.340 e. The number of rotatable bonds is 8. The van der Waals surface area contributed by atoms with Crippen LogP contribution in [0, 0.1) is 5.41 Å². The van der Waals surface area contributed by atoms with E-state index in [1.165, 1.54) is 0 Å². The zero-order valence-corrected chi connectivity index (χ0v) is 12.9. The molecule has 0 saturated heterocycles. The van der Waals surface area contributed by atoms with E-state index < -0.39 is 23.1 Å². The van der Waals surface area contributed by atoms with E-state index in [1.807, 2.05) is 5.48 Å². The molecule has 6 N–H and O–H groups in total. The minimum Gasteiger partial charge on any atom is -0.479 e. The lowest BCUT2D eigenvalue weighted by atomic mass is 9.94. The Morgan fingerprint density at radius 2 is 1.95 bits per heavy atom. The van der Waals surface area contributed by atoms with E-state index in [9.17, 15) is 14.7 Å². The Morgan fingerprint density at radius 3 is 2.33 bits per heavy atom. The highest BCUT2D eigenvalue weighted by molar-refractivity contribution is 6.08. The molecule has 0 saturated carbocycles. The summed E-state index contributed by atoms with van der Waals surface area (Å²) in [4.78, 5) is 23.6. The summed E-state index contributed by atoms with van der Waals surface area (Å²) in [5.41, 5.74) is 4.07. The van der Waals surface area contributed by atoms with Crippen LogP contribution in [0.1, 0.15) is 33.6 Å². The van der Waals surface area contributed by atoms with Crippen molar-refractivity contribution in [3.8, 4) is 0 Å². The first-order valence-electron chi connectivity index (χ1n) is 6.14. The fourth-order valence-corrected chi connectivity index (χ4v) is 1.57. The highest BCUT2D eigenvalue weighted by Gasteiger charge is 2.49. The number of carboxylic acid groups (broad SMARTS) is 1. The molecule has 21 heavy (non-hydrogen) atoms. The van der Waals surface area contributed by atoms with Crippen molar-refractivity contribution in [1.29, 1.82) is 5.41 Å². The summed E-state index contributed by atoms with van der Waals surface area (Å²) in [6.45, 7) is 5.03. The lowest BCUT2D eigenvalue weighted by molar-refractivity contribution is -0.176. The Balaban J connectivity index is 5.02. The van der Waals surface area contributed by atoms with Crippen LogP contribution >= 0.6 is 11.9 Å². The third-order valence-corrected chi connectivity index (χ3v) is 2.45. The third kappa shape index (κ3) is 6.61. The van der Waals surface area contributed by atoms with Gasteiger partial charge in [-0.05, 0) is 33.6 Å². The smallest absolute Gasteiger partial charge is 0.340 e. The Hall–Kier alpha value is -1.58. The van der Waals surface area contributed by atoms with Crippen molar-refractivity contribution < 1.29 is 23.8 Å². The largest absolute Gasteiger partial charge is 0.479 e. The molecule has 0 amide bonds. The average molecular weight is 325 g/mol. The number of halogens is 1. The van der Waals surface area contributed by atoms with Gasteiger partial charge in [-0.3, -0.25) is 5.41 Å². The summed E-state index contributed by atoms with van der Waals surface area (Å²) in [5, 5.41) is 18.8. The van der Waals surface area contributed by atoms with Crippen LogP contribution in [-0.2, 0) is 18.7 Å². The topological polar surface area (TPSA) is 147 Å². The molecule has 0 aromatic heterocycles. The number of hydroxylamine groups is 1. The van der Waals surface area contributed by atoms with Crippen LogP contribution in [0.25, 0.3) is 0 Å². The molecule has 0 unspecified atom stereocenters. The molecule has 0 heterocycles. The number of carboxylic acids is 1. The quantitative estimate of drug-likeness (QED) is 0.105. The minimum atomic E-state index is -2.15. The number of nitrogens with one attached hydrogen (secondary N) is 3. The van der Waals surface area contributed by atoms with Gasteiger partial charge in [-0.25, -0.2) is 9.59 Å². The van der Waals surface area contributed by atoms with Crippen LogP contribution in [0.15, 0.2) is 0 Å². The summed E-state index contributed by atoms with van der Waals surface area (Å²) in [6, 6.07) is 0. The first-order valence-corrected chi connectivity index (χ1v) is 6.45. The van der Waals surface area contributed by atoms with Crippen LogP contribution in [0.3, 0.4) is 0 Å². The second-order valence-corrected chi connectivity index (χ2v) is 5.49. The molecule has 1 atom stereocenters. The van der Waals surface area contributed by atoms with E-state index in [-0.39, 0.29) is 25.3 Å². The molecule has 0 aliphatic rings. The fourth-order valence-electron chi connectivity index (χ4n) is 1.44. The van der Waals surface area contributed by atoms with Gasteiger partial charge in [0.25, 0.3) is 0 Å². The van der Waals surface area contributed by atoms with Crippen molar-refractivity contribution in [2.24, 2.45) is 5.73 Å². The van der Waals surface area contributed by atoms with Gasteiger partial charge in [0, 0.05) is 6.54 Å². The van der Waals surface area contributed by atoms with E-state index in [4.69, 9.17) is 27.7 Å². The maximum atomic E-state index is 12.1. The van der Waals surface area contributed by atoms with Crippen molar-refractivity contribution in [1.82, 2.24) is 10.8 Å². The second kappa shape index (κ2) is 8.01. The molecule has 0 aromatic carbocycles. The first-order chi connectivity index (χ1) is 9.55. The predicted octanol–water partition coefficient (Wildman–Crippen LogP) is 0.0898. The number of carbonyl (C=O) groups is 2. The van der Waals surface area contributed by atoms with Crippen LogP contribution in [0.4, 0.5) is 0 Å². The van der Waals surface area contributed by atoms with Crippen LogP contribution in [0.2, 0.25) is 0 Å². The van der Waals surface area contributed by atoms with Gasteiger partial charge in [0.2, 0.25) is 5.54 Å². The van der Waals surface area contributed by atoms with Gasteiger partial charge >= 0.3 is 11.9 Å². The van der Waals surface area contributed by atoms with Gasteiger partial charge in [-0.1, -0.05) is 0 Å². The number of carbonyl (C=O) groups excluding carboxylic acids is 1. The number of esters is 1. The minimum absolute atomic E-state index is 0.176. The molecular formula is C11H21ClN4O5. The van der Waals surface area contributed by atoms with E-state index in [0.717, 1.165) is 0 Å². The Bertz CT molecular complexity index is 399. The normalized spacial score (nSPS) is 14.1. The SMILES string of the molecule is CC(C)(C)OC(=O)[C@@](CCCNC(=N)N)(NOCl)C(=O)O. The molecule has 122 valence electrons. The lowest BCUT2D eigenvalue weighted by Gasteiger charge is -2.30. The highest BCUT2D eigenvalue weighted by atomic mass is 35.5. The molecule has 9 nitrogen and oxygen atoms in total. The number of hydrogen-bond donors (Lipinski definition) is 5. The van der Waals surface area contributed by atoms with Crippen molar-refractivity contribution in [2.75, 3.05) is 6.54 Å². The van der Waals surface area contributed by atoms with Crippen LogP contribution < -0.4 is 16.5 Å². The number of hydrogen-bond acceptors (Lipinski definition) is 6. The summed E-state index contributed by atoms with van der Waals surface area (Å²) < 4.78 is 9.22. The monoisotopic (exact) mass is 324 g/mol. The lowest BCUT2D eigenvalue weighted by Crippen LogP contribution is -2.59. The molecule has 0 spiro atoms. The molecule has 0 aliphatic carbocycles. The molecule has 10 heteroatoms. The van der Waals surface area contributed by atoms with E-state index >= 15 is 0 Å². The van der Waals surface area contributed by atoms with E-state index in [1.54, 1.807) is 20.8 Å². The van der Waals surface area contributed by atoms with Gasteiger partial charge < -0.3 is 20.9 Å². The summed E-state index contributed by atoms with van der Waals surface area (Å²) in [6.07, 6.45) is 0.0304. The number of aliphatic carboxylic acids is 1. The van der Waals surface area contributed by atoms with E-state index in [0.29, 0.717) is 0 Å². The Kier molecular flexibility index (Phi) is 7.41. The summed E-state index contributed by atoms with van der Waals surface area (Å²) in [5.74, 6) is -2.76. The predicted molar refractivity (Wildman–Crippen MR) is 75.4 cm³/mol. The first kappa shape index (κ1) is 19.4. The molecule has 0 aromatic rings. The van der Waals surface area contributed by atoms with Crippen molar-refractivity contribution in [3.63, 3.8) is 0 Å². The zero-order valence-electron chi connectivity index (χ0n) is 12.2. The highest BCUT2D eigenvalue weighted by Crippen LogP contribution is 2.20. The number of nitrogens with two attached hydrogens (primary N) is 1. The van der Waals surface area contributed by atoms with Gasteiger partial charge in [0.1, 0.15) is 5.60 Å². The van der Waals surface area contributed by atoms with Crippen LogP contribution in [0.5, 0.6) is 0 Å². The van der Waals surface area contributed by atoms with Gasteiger partial charge in [0.15, 0.2) is 5.96 Å². The molecule has 0 bridgehead atoms. The van der Waals surface area contributed by atoms with Crippen LogP contribution in [-0.4, -0.2) is 40.7 Å². The Labute approximate surface area is 127 Å². The standard InChI is InChI=1S/C11H21ClN4O5/c1-10(2,3)20-8(19)11(7(17)18,16-21-12)5-4-6-15-9(13)14/h16H,4-6H2,1-3H3,(H,17,18)(H4,13,14,15)/t11-/m0/s1. The number of ether oxygens (including phenoxy) is 1. The Morgan fingerprint density at radius 1 is 1.38 bits per heavy atom. The molecule has 0 radical (unpaired) electrons. The maximum absolute atomic E-state index is 12.1. The van der Waals surface area contributed by atoms with Gasteiger partial charge in [-0.15, -0.1) is 0 Å².